The molecule has 8 nitrogen and oxygen atoms in total. The molecule has 0 heterocycles. The second-order valence-electron chi connectivity index (χ2n) is 7.93. The van der Waals surface area contributed by atoms with E-state index in [0.717, 1.165) is 16.9 Å². The Labute approximate surface area is 205 Å². The summed E-state index contributed by atoms with van der Waals surface area (Å²) in [5.41, 5.74) is 6.38. The highest BCUT2D eigenvalue weighted by molar-refractivity contribution is 5.96. The second kappa shape index (κ2) is 12.2. The summed E-state index contributed by atoms with van der Waals surface area (Å²) >= 11 is 0. The number of hydrogen-bond acceptors (Lipinski definition) is 6. The maximum atomic E-state index is 12.4. The van der Waals surface area contributed by atoms with E-state index in [1.54, 1.807) is 30.3 Å². The molecule has 2 amide bonds. The van der Waals surface area contributed by atoms with Crippen LogP contribution in [0, 0.1) is 6.92 Å². The van der Waals surface area contributed by atoms with Gasteiger partial charge in [-0.05, 0) is 67.4 Å². The van der Waals surface area contributed by atoms with Gasteiger partial charge in [0.25, 0.3) is 11.8 Å². The van der Waals surface area contributed by atoms with Crippen molar-refractivity contribution in [2.75, 3.05) is 37.5 Å². The van der Waals surface area contributed by atoms with Gasteiger partial charge in [-0.1, -0.05) is 24.3 Å². The van der Waals surface area contributed by atoms with Crippen molar-refractivity contribution >= 4 is 29.4 Å². The zero-order valence-corrected chi connectivity index (χ0v) is 20.4. The molecule has 2 N–H and O–H groups in total. The van der Waals surface area contributed by atoms with E-state index in [0.29, 0.717) is 29.2 Å². The number of hydrogen-bond donors (Lipinski definition) is 2. The third-order valence-electron chi connectivity index (χ3n) is 5.05. The zero-order valence-electron chi connectivity index (χ0n) is 20.4. The highest BCUT2D eigenvalue weighted by atomic mass is 16.5. The van der Waals surface area contributed by atoms with E-state index >= 15 is 0 Å². The molecule has 0 aliphatic heterocycles. The number of carbonyl (C=O) groups is 2. The minimum Gasteiger partial charge on any atom is -0.490 e. The fourth-order valence-corrected chi connectivity index (χ4v) is 3.19. The van der Waals surface area contributed by atoms with Crippen LogP contribution in [0.2, 0.25) is 0 Å². The molecule has 3 rings (SSSR count). The highest BCUT2D eigenvalue weighted by Crippen LogP contribution is 2.28. The van der Waals surface area contributed by atoms with Gasteiger partial charge in [0.15, 0.2) is 18.1 Å². The number of amides is 2. The van der Waals surface area contributed by atoms with Crippen LogP contribution in [0.15, 0.2) is 71.8 Å². The summed E-state index contributed by atoms with van der Waals surface area (Å²) in [4.78, 5) is 26.6. The molecule has 0 aliphatic carbocycles. The summed E-state index contributed by atoms with van der Waals surface area (Å²) in [5.74, 6) is 0.335. The van der Waals surface area contributed by atoms with Crippen molar-refractivity contribution in [1.82, 2.24) is 5.43 Å². The van der Waals surface area contributed by atoms with Crippen molar-refractivity contribution in [2.45, 2.75) is 13.8 Å². The molecule has 35 heavy (non-hydrogen) atoms. The van der Waals surface area contributed by atoms with Gasteiger partial charge in [-0.25, -0.2) is 5.43 Å². The summed E-state index contributed by atoms with van der Waals surface area (Å²) in [5, 5.41) is 6.89. The molecule has 3 aromatic rings. The number of rotatable bonds is 10. The lowest BCUT2D eigenvalue weighted by atomic mass is 10.2. The smallest absolute Gasteiger partial charge is 0.271 e. The Morgan fingerprint density at radius 2 is 1.77 bits per heavy atom. The average molecular weight is 475 g/mol. The first kappa shape index (κ1) is 25.3. The first-order valence-electron chi connectivity index (χ1n) is 11.2. The Balaban J connectivity index is 1.61. The van der Waals surface area contributed by atoms with E-state index < -0.39 is 0 Å². The number of para-hydroxylation sites is 1. The zero-order chi connectivity index (χ0) is 25.2. The monoisotopic (exact) mass is 474 g/mol. The number of carbonyl (C=O) groups excluding carboxylic acids is 2. The van der Waals surface area contributed by atoms with Crippen molar-refractivity contribution in [3.8, 4) is 11.5 Å². The molecule has 0 atom stereocenters. The van der Waals surface area contributed by atoms with Crippen molar-refractivity contribution in [3.05, 3.63) is 83.4 Å². The van der Waals surface area contributed by atoms with Crippen LogP contribution in [0.4, 0.5) is 11.4 Å². The lowest BCUT2D eigenvalue weighted by Crippen LogP contribution is -2.20. The van der Waals surface area contributed by atoms with E-state index in [1.165, 1.54) is 6.21 Å². The lowest BCUT2D eigenvalue weighted by molar-refractivity contribution is -0.118. The Bertz CT molecular complexity index is 1210. The van der Waals surface area contributed by atoms with Crippen LogP contribution in [0.25, 0.3) is 0 Å². The van der Waals surface area contributed by atoms with Crippen LogP contribution in [0.5, 0.6) is 11.5 Å². The minimum atomic E-state index is -0.311. The maximum absolute atomic E-state index is 12.4. The van der Waals surface area contributed by atoms with Crippen LogP contribution < -0.4 is 25.1 Å². The minimum absolute atomic E-state index is 0.163. The predicted molar refractivity (Wildman–Crippen MR) is 139 cm³/mol. The molecular formula is C27H30N4O4. The number of hydrazone groups is 1. The average Bonchev–Trinajstić information content (AvgIpc) is 2.85. The van der Waals surface area contributed by atoms with E-state index in [4.69, 9.17) is 9.47 Å². The van der Waals surface area contributed by atoms with Crippen molar-refractivity contribution in [2.24, 2.45) is 5.10 Å². The van der Waals surface area contributed by atoms with Gasteiger partial charge in [0.1, 0.15) is 0 Å². The van der Waals surface area contributed by atoms with Gasteiger partial charge in [-0.15, -0.1) is 0 Å². The number of anilines is 2. The van der Waals surface area contributed by atoms with Crippen molar-refractivity contribution in [1.29, 1.82) is 0 Å². The first-order chi connectivity index (χ1) is 16.9. The number of nitrogens with one attached hydrogen (secondary N) is 2. The van der Waals surface area contributed by atoms with E-state index in [2.05, 4.69) is 15.8 Å². The largest absolute Gasteiger partial charge is 0.490 e. The summed E-state index contributed by atoms with van der Waals surface area (Å²) in [7, 11) is 3.82. The standard InChI is InChI=1S/C27H30N4O4/c1-5-34-25-15-20(17-28-30-27(33)21-10-8-11-22(16-21)31(3)4)13-14-24(25)35-18-26(32)29-23-12-7-6-9-19(23)2/h6-17H,5,18H2,1-4H3,(H,29,32)(H,30,33)/b28-17-. The quantitative estimate of drug-likeness (QED) is 0.339. The van der Waals surface area contributed by atoms with Crippen LogP contribution >= 0.6 is 0 Å². The summed E-state index contributed by atoms with van der Waals surface area (Å²) in [6, 6.07) is 20.0. The van der Waals surface area contributed by atoms with Crippen LogP contribution in [-0.2, 0) is 4.79 Å². The fraction of sp³-hybridized carbons (Fsp3) is 0.222. The van der Waals surface area contributed by atoms with Gasteiger partial charge < -0.3 is 19.7 Å². The van der Waals surface area contributed by atoms with Crippen LogP contribution in [0.3, 0.4) is 0 Å². The molecule has 0 fully saturated rings. The summed E-state index contributed by atoms with van der Waals surface area (Å²) < 4.78 is 11.4. The third kappa shape index (κ3) is 7.33. The van der Waals surface area contributed by atoms with Crippen molar-refractivity contribution in [3.63, 3.8) is 0 Å². The van der Waals surface area contributed by atoms with E-state index in [9.17, 15) is 9.59 Å². The normalized spacial score (nSPS) is 10.6. The molecule has 0 radical (unpaired) electrons. The molecule has 0 aromatic heterocycles. The number of ether oxygens (including phenoxy) is 2. The Morgan fingerprint density at radius 1 is 0.971 bits per heavy atom. The molecule has 3 aromatic carbocycles. The number of nitrogens with zero attached hydrogens (tertiary/aromatic N) is 2. The lowest BCUT2D eigenvalue weighted by Gasteiger charge is -2.13. The predicted octanol–water partition coefficient (Wildman–Crippen LogP) is 4.24. The summed E-state index contributed by atoms with van der Waals surface area (Å²) in [6.45, 7) is 4.04. The fourth-order valence-electron chi connectivity index (χ4n) is 3.19. The van der Waals surface area contributed by atoms with Gasteiger partial charge >= 0.3 is 0 Å². The highest BCUT2D eigenvalue weighted by Gasteiger charge is 2.11. The van der Waals surface area contributed by atoms with E-state index in [-0.39, 0.29) is 18.4 Å². The Morgan fingerprint density at radius 3 is 2.51 bits per heavy atom. The molecule has 0 unspecified atom stereocenters. The first-order valence-corrected chi connectivity index (χ1v) is 11.2. The van der Waals surface area contributed by atoms with Gasteiger partial charge in [0, 0.05) is 31.0 Å². The Hall–Kier alpha value is -4.33. The van der Waals surface area contributed by atoms with Crippen LogP contribution in [0.1, 0.15) is 28.4 Å². The van der Waals surface area contributed by atoms with Crippen LogP contribution in [-0.4, -0.2) is 45.3 Å². The van der Waals surface area contributed by atoms with Gasteiger partial charge in [0.2, 0.25) is 0 Å². The van der Waals surface area contributed by atoms with Gasteiger partial charge in [-0.2, -0.15) is 5.10 Å². The van der Waals surface area contributed by atoms with E-state index in [1.807, 2.05) is 69.2 Å². The number of aryl methyl sites for hydroxylation is 1. The molecule has 0 spiro atoms. The molecule has 0 saturated carbocycles. The number of benzene rings is 3. The molecular weight excluding hydrogens is 444 g/mol. The maximum Gasteiger partial charge on any atom is 0.271 e. The summed E-state index contributed by atoms with van der Waals surface area (Å²) in [6.07, 6.45) is 1.52. The third-order valence-corrected chi connectivity index (χ3v) is 5.05. The molecule has 8 heteroatoms. The molecule has 182 valence electrons. The second-order valence-corrected chi connectivity index (χ2v) is 7.93. The Kier molecular flexibility index (Phi) is 8.83. The molecule has 0 aliphatic rings. The molecule has 0 saturated heterocycles. The SMILES string of the molecule is CCOc1cc(/C=N\NC(=O)c2cccc(N(C)C)c2)ccc1OCC(=O)Nc1ccccc1C. The van der Waals surface area contributed by atoms with Gasteiger partial charge in [0.05, 0.1) is 12.8 Å². The van der Waals surface area contributed by atoms with Crippen molar-refractivity contribution < 1.29 is 19.1 Å². The molecule has 0 bridgehead atoms. The topological polar surface area (TPSA) is 92.3 Å². The van der Waals surface area contributed by atoms with Gasteiger partial charge in [-0.3, -0.25) is 9.59 Å².